The summed E-state index contributed by atoms with van der Waals surface area (Å²) in [5, 5.41) is 3.00. The summed E-state index contributed by atoms with van der Waals surface area (Å²) in [7, 11) is 0. The number of hydrogen-bond acceptors (Lipinski definition) is 2. The molecular formula is C27H28FN3O2. The largest absolute Gasteiger partial charge is 0.325 e. The number of amides is 3. The Morgan fingerprint density at radius 1 is 1.00 bits per heavy atom. The number of hydrogen-bond donors (Lipinski definition) is 1. The maximum Gasteiger partial charge on any atom is 0.324 e. The lowest BCUT2D eigenvalue weighted by Gasteiger charge is -2.36. The number of nitrogens with zero attached hydrogens (tertiary/aromatic N) is 2. The van der Waals surface area contributed by atoms with E-state index in [1.54, 1.807) is 28.0 Å². The van der Waals surface area contributed by atoms with Gasteiger partial charge in [0.25, 0.3) is 0 Å². The van der Waals surface area contributed by atoms with Gasteiger partial charge in [0, 0.05) is 30.0 Å². The van der Waals surface area contributed by atoms with E-state index in [2.05, 4.69) is 5.32 Å². The molecule has 33 heavy (non-hydrogen) atoms. The highest BCUT2D eigenvalue weighted by Crippen LogP contribution is 2.26. The van der Waals surface area contributed by atoms with E-state index in [4.69, 9.17) is 0 Å². The lowest BCUT2D eigenvalue weighted by molar-refractivity contribution is -0.117. The van der Waals surface area contributed by atoms with E-state index in [1.165, 1.54) is 6.07 Å². The van der Waals surface area contributed by atoms with Gasteiger partial charge in [0.1, 0.15) is 5.82 Å². The van der Waals surface area contributed by atoms with E-state index < -0.39 is 0 Å². The molecule has 0 radical (unpaired) electrons. The van der Waals surface area contributed by atoms with E-state index in [0.29, 0.717) is 36.4 Å². The van der Waals surface area contributed by atoms with Crippen molar-refractivity contribution < 1.29 is 14.0 Å². The zero-order valence-corrected chi connectivity index (χ0v) is 18.7. The van der Waals surface area contributed by atoms with Gasteiger partial charge in [-0.25, -0.2) is 9.18 Å². The number of rotatable bonds is 7. The van der Waals surface area contributed by atoms with Gasteiger partial charge in [-0.2, -0.15) is 0 Å². The van der Waals surface area contributed by atoms with Crippen LogP contribution >= 0.6 is 0 Å². The van der Waals surface area contributed by atoms with Gasteiger partial charge in [0.15, 0.2) is 0 Å². The summed E-state index contributed by atoms with van der Waals surface area (Å²) in [6.45, 7) is 3.37. The number of carbonyl (C=O) groups excluding carboxylic acids is 2. The number of nitrogens with one attached hydrogen (secondary N) is 1. The summed E-state index contributed by atoms with van der Waals surface area (Å²) >= 11 is 0. The minimum absolute atomic E-state index is 0.0769. The third-order valence-electron chi connectivity index (χ3n) is 5.98. The first-order valence-electron chi connectivity index (χ1n) is 11.3. The van der Waals surface area contributed by atoms with Crippen LogP contribution in [-0.4, -0.2) is 29.9 Å². The number of carbonyl (C=O) groups is 2. The van der Waals surface area contributed by atoms with E-state index in [0.717, 1.165) is 12.0 Å². The van der Waals surface area contributed by atoms with Crippen LogP contribution in [0.5, 0.6) is 0 Å². The Balaban J connectivity index is 1.48. The molecule has 0 aliphatic carbocycles. The van der Waals surface area contributed by atoms with Crippen LogP contribution in [0, 0.1) is 5.82 Å². The fourth-order valence-corrected chi connectivity index (χ4v) is 4.24. The number of benzene rings is 3. The Morgan fingerprint density at radius 2 is 1.76 bits per heavy atom. The van der Waals surface area contributed by atoms with Gasteiger partial charge in [-0.1, -0.05) is 61.5 Å². The van der Waals surface area contributed by atoms with Crippen LogP contribution in [0.2, 0.25) is 0 Å². The summed E-state index contributed by atoms with van der Waals surface area (Å²) in [4.78, 5) is 29.5. The van der Waals surface area contributed by atoms with Crippen LogP contribution in [0.15, 0.2) is 78.9 Å². The summed E-state index contributed by atoms with van der Waals surface area (Å²) in [6, 6.07) is 23.4. The fourth-order valence-electron chi connectivity index (χ4n) is 4.24. The predicted molar refractivity (Wildman–Crippen MR) is 129 cm³/mol. The number of anilines is 2. The van der Waals surface area contributed by atoms with Crippen LogP contribution in [0.3, 0.4) is 0 Å². The molecule has 170 valence electrons. The number of halogens is 1. The predicted octanol–water partition coefficient (Wildman–Crippen LogP) is 5.79. The molecule has 3 aromatic carbocycles. The Morgan fingerprint density at radius 3 is 2.52 bits per heavy atom. The highest BCUT2D eigenvalue weighted by molar-refractivity contribution is 5.97. The summed E-state index contributed by atoms with van der Waals surface area (Å²) < 4.78 is 14.1. The molecule has 1 heterocycles. The monoisotopic (exact) mass is 445 g/mol. The molecule has 1 N–H and O–H groups in total. The normalized spacial score (nSPS) is 14.8. The van der Waals surface area contributed by atoms with Crippen molar-refractivity contribution in [2.24, 2.45) is 0 Å². The highest BCUT2D eigenvalue weighted by atomic mass is 19.1. The van der Waals surface area contributed by atoms with Gasteiger partial charge in [0.05, 0.1) is 12.5 Å². The molecule has 1 atom stereocenters. The molecule has 1 unspecified atom stereocenters. The molecule has 1 aliphatic heterocycles. The summed E-state index contributed by atoms with van der Waals surface area (Å²) in [5.74, 6) is -0.634. The second-order valence-electron chi connectivity index (χ2n) is 8.21. The van der Waals surface area contributed by atoms with Crippen molar-refractivity contribution in [2.75, 3.05) is 23.3 Å². The Bertz CT molecular complexity index is 1120. The molecule has 0 spiro atoms. The van der Waals surface area contributed by atoms with Crippen molar-refractivity contribution in [3.8, 4) is 0 Å². The van der Waals surface area contributed by atoms with Crippen LogP contribution in [0.25, 0.3) is 0 Å². The highest BCUT2D eigenvalue weighted by Gasteiger charge is 2.28. The molecule has 3 amide bonds. The molecule has 0 bridgehead atoms. The standard InChI is InChI=1S/C27H28FN3O2/c1-2-24(20-10-4-3-5-11-20)26(32)29-22-13-8-14-23(18-22)31-17-9-16-30(27(31)33)19-21-12-6-7-15-25(21)28/h3-8,10-15,18,24H,2,9,16-17,19H2,1H3,(H,29,32). The van der Waals surface area contributed by atoms with Crippen molar-refractivity contribution in [3.63, 3.8) is 0 Å². The molecule has 6 heteroatoms. The molecule has 5 nitrogen and oxygen atoms in total. The molecular weight excluding hydrogens is 417 g/mol. The lowest BCUT2D eigenvalue weighted by Crippen LogP contribution is -2.49. The van der Waals surface area contributed by atoms with E-state index >= 15 is 0 Å². The zero-order valence-electron chi connectivity index (χ0n) is 18.7. The van der Waals surface area contributed by atoms with Crippen LogP contribution < -0.4 is 10.2 Å². The Kier molecular flexibility index (Phi) is 7.03. The Labute approximate surface area is 193 Å². The van der Waals surface area contributed by atoms with Gasteiger partial charge in [0.2, 0.25) is 5.91 Å². The van der Waals surface area contributed by atoms with Crippen molar-refractivity contribution in [2.45, 2.75) is 32.2 Å². The molecule has 1 aliphatic rings. The third-order valence-corrected chi connectivity index (χ3v) is 5.98. The van der Waals surface area contributed by atoms with Gasteiger partial charge in [-0.05, 0) is 42.7 Å². The van der Waals surface area contributed by atoms with Gasteiger partial charge >= 0.3 is 6.03 Å². The minimum atomic E-state index is -0.309. The molecule has 0 saturated carbocycles. The molecule has 1 fully saturated rings. The van der Waals surface area contributed by atoms with Gasteiger partial charge in [-0.15, -0.1) is 0 Å². The van der Waals surface area contributed by atoms with Crippen molar-refractivity contribution in [1.82, 2.24) is 4.90 Å². The van der Waals surface area contributed by atoms with Crippen molar-refractivity contribution in [3.05, 3.63) is 95.8 Å². The second-order valence-corrected chi connectivity index (χ2v) is 8.21. The molecule has 3 aromatic rings. The van der Waals surface area contributed by atoms with E-state index in [-0.39, 0.29) is 30.2 Å². The maximum absolute atomic E-state index is 14.1. The summed E-state index contributed by atoms with van der Waals surface area (Å²) in [5.41, 5.74) is 2.83. The third kappa shape index (κ3) is 5.22. The Hall–Kier alpha value is -3.67. The van der Waals surface area contributed by atoms with Crippen molar-refractivity contribution >= 4 is 23.3 Å². The van der Waals surface area contributed by atoms with Gasteiger partial charge in [-0.3, -0.25) is 9.69 Å². The van der Waals surface area contributed by atoms with Crippen LogP contribution in [0.1, 0.15) is 36.8 Å². The first kappa shape index (κ1) is 22.5. The zero-order chi connectivity index (χ0) is 23.2. The minimum Gasteiger partial charge on any atom is -0.325 e. The second kappa shape index (κ2) is 10.3. The van der Waals surface area contributed by atoms with Crippen molar-refractivity contribution in [1.29, 1.82) is 0 Å². The first-order valence-corrected chi connectivity index (χ1v) is 11.3. The van der Waals surface area contributed by atoms with Crippen LogP contribution in [-0.2, 0) is 11.3 Å². The SMILES string of the molecule is CCC(C(=O)Nc1cccc(N2CCCN(Cc3ccccc3F)C2=O)c1)c1ccccc1. The average molecular weight is 446 g/mol. The molecule has 4 rings (SSSR count). The maximum atomic E-state index is 14.1. The first-order chi connectivity index (χ1) is 16.1. The van der Waals surface area contributed by atoms with E-state index in [9.17, 15) is 14.0 Å². The van der Waals surface area contributed by atoms with Gasteiger partial charge < -0.3 is 10.2 Å². The lowest BCUT2D eigenvalue weighted by atomic mass is 9.95. The fraction of sp³-hybridized carbons (Fsp3) is 0.259. The number of urea groups is 1. The summed E-state index contributed by atoms with van der Waals surface area (Å²) in [6.07, 6.45) is 1.47. The average Bonchev–Trinajstić information content (AvgIpc) is 2.83. The van der Waals surface area contributed by atoms with E-state index in [1.807, 2.05) is 61.5 Å². The topological polar surface area (TPSA) is 52.7 Å². The van der Waals surface area contributed by atoms with Crippen LogP contribution in [0.4, 0.5) is 20.6 Å². The smallest absolute Gasteiger partial charge is 0.324 e. The quantitative estimate of drug-likeness (QED) is 0.500. The molecule has 0 aromatic heterocycles. The molecule has 1 saturated heterocycles.